The van der Waals surface area contributed by atoms with E-state index in [1.807, 2.05) is 18.0 Å². The van der Waals surface area contributed by atoms with Gasteiger partial charge in [0.15, 0.2) is 5.58 Å². The van der Waals surface area contributed by atoms with E-state index in [-0.39, 0.29) is 0 Å². The normalized spacial score (nSPS) is 24.8. The van der Waals surface area contributed by atoms with Crippen LogP contribution in [-0.2, 0) is 0 Å². The molecule has 8 heteroatoms. The zero-order valence-corrected chi connectivity index (χ0v) is 17.9. The quantitative estimate of drug-likeness (QED) is 0.704. The van der Waals surface area contributed by atoms with Crippen molar-refractivity contribution in [1.29, 1.82) is 5.26 Å². The number of piperazine rings is 1. The predicted octanol–water partition coefficient (Wildman–Crippen LogP) is 4.08. The van der Waals surface area contributed by atoms with Gasteiger partial charge >= 0.3 is 0 Å². The SMILES string of the molecule is CSN1CCN(C2CCC(Nc3ncc4oc(C#N)cc4c3Br)CC2)CC1. The third-order valence-electron chi connectivity index (χ3n) is 5.71. The van der Waals surface area contributed by atoms with Crippen molar-refractivity contribution in [1.82, 2.24) is 14.2 Å². The smallest absolute Gasteiger partial charge is 0.204 e. The van der Waals surface area contributed by atoms with Gasteiger partial charge in [0, 0.05) is 49.7 Å². The number of fused-ring (bicyclic) bond motifs is 1. The molecule has 0 atom stereocenters. The fourth-order valence-corrected chi connectivity index (χ4v) is 5.22. The Morgan fingerprint density at radius 1 is 1.26 bits per heavy atom. The minimum absolute atomic E-state index is 0.312. The van der Waals surface area contributed by atoms with Gasteiger partial charge in [-0.25, -0.2) is 9.29 Å². The summed E-state index contributed by atoms with van der Waals surface area (Å²) in [5.74, 6) is 1.15. The van der Waals surface area contributed by atoms with Crippen molar-refractivity contribution in [3.8, 4) is 6.07 Å². The first kappa shape index (κ1) is 19.1. The highest BCUT2D eigenvalue weighted by Gasteiger charge is 2.28. The van der Waals surface area contributed by atoms with E-state index in [2.05, 4.69) is 41.7 Å². The number of anilines is 1. The molecule has 6 nitrogen and oxygen atoms in total. The second kappa shape index (κ2) is 8.39. The molecule has 1 aliphatic heterocycles. The molecule has 144 valence electrons. The van der Waals surface area contributed by atoms with Gasteiger partial charge in [-0.1, -0.05) is 11.9 Å². The van der Waals surface area contributed by atoms with Crippen molar-refractivity contribution in [2.75, 3.05) is 37.8 Å². The maximum absolute atomic E-state index is 9.02. The summed E-state index contributed by atoms with van der Waals surface area (Å²) in [7, 11) is 0. The number of hydrogen-bond donors (Lipinski definition) is 1. The number of rotatable bonds is 4. The van der Waals surface area contributed by atoms with E-state index in [1.165, 1.54) is 39.0 Å². The summed E-state index contributed by atoms with van der Waals surface area (Å²) in [5, 5.41) is 13.5. The summed E-state index contributed by atoms with van der Waals surface area (Å²) >= 11 is 5.49. The Bertz CT molecular complexity index is 834. The molecule has 0 unspecified atom stereocenters. The van der Waals surface area contributed by atoms with Gasteiger partial charge in [0.2, 0.25) is 5.76 Å². The van der Waals surface area contributed by atoms with Gasteiger partial charge in [-0.3, -0.25) is 4.90 Å². The van der Waals surface area contributed by atoms with E-state index in [1.54, 1.807) is 12.3 Å². The average Bonchev–Trinajstić information content (AvgIpc) is 3.15. The monoisotopic (exact) mass is 449 g/mol. The van der Waals surface area contributed by atoms with E-state index in [0.29, 0.717) is 17.4 Å². The van der Waals surface area contributed by atoms with E-state index in [4.69, 9.17) is 9.68 Å². The Kier molecular flexibility index (Phi) is 5.93. The van der Waals surface area contributed by atoms with Gasteiger partial charge in [0.25, 0.3) is 0 Å². The Morgan fingerprint density at radius 3 is 2.67 bits per heavy atom. The van der Waals surface area contributed by atoms with Crippen molar-refractivity contribution < 1.29 is 4.42 Å². The fourth-order valence-electron chi connectivity index (χ4n) is 4.17. The van der Waals surface area contributed by atoms with E-state index < -0.39 is 0 Å². The third kappa shape index (κ3) is 4.11. The lowest BCUT2D eigenvalue weighted by atomic mass is 9.90. The Hall–Kier alpha value is -1.27. The Balaban J connectivity index is 1.35. The largest absolute Gasteiger partial charge is 0.444 e. The maximum Gasteiger partial charge on any atom is 0.204 e. The number of hydrogen-bond acceptors (Lipinski definition) is 7. The van der Waals surface area contributed by atoms with Gasteiger partial charge in [0.1, 0.15) is 11.9 Å². The number of nitriles is 1. The minimum atomic E-state index is 0.312. The van der Waals surface area contributed by atoms with Crippen molar-refractivity contribution in [2.45, 2.75) is 37.8 Å². The highest BCUT2D eigenvalue weighted by Crippen LogP contribution is 2.34. The van der Waals surface area contributed by atoms with Crippen LogP contribution < -0.4 is 5.32 Å². The standard InChI is InChI=1S/C19H24BrN5OS/c1-27-25-8-6-24(7-9-25)14-4-2-13(3-5-14)23-19-18(20)16-10-15(11-21)26-17(16)12-22-19/h10,12-14H,2-9H2,1H3,(H,22,23). The van der Waals surface area contributed by atoms with Gasteiger partial charge in [-0.05, 0) is 47.9 Å². The van der Waals surface area contributed by atoms with Crippen molar-refractivity contribution >= 4 is 44.7 Å². The Morgan fingerprint density at radius 2 is 2.00 bits per heavy atom. The minimum Gasteiger partial charge on any atom is -0.444 e. The molecule has 4 rings (SSSR count). The lowest BCUT2D eigenvalue weighted by Gasteiger charge is -2.41. The molecular weight excluding hydrogens is 426 g/mol. The van der Waals surface area contributed by atoms with Crippen LogP contribution in [0.1, 0.15) is 31.4 Å². The molecule has 0 aromatic carbocycles. The first-order valence-electron chi connectivity index (χ1n) is 9.45. The van der Waals surface area contributed by atoms with Crippen LogP contribution in [0, 0.1) is 11.3 Å². The van der Waals surface area contributed by atoms with Gasteiger partial charge in [-0.15, -0.1) is 0 Å². The van der Waals surface area contributed by atoms with Crippen LogP contribution in [0.15, 0.2) is 21.2 Å². The van der Waals surface area contributed by atoms with Crippen molar-refractivity contribution in [3.05, 3.63) is 22.5 Å². The summed E-state index contributed by atoms with van der Waals surface area (Å²) in [6.07, 6.45) is 8.66. The molecule has 0 amide bonds. The number of pyridine rings is 1. The van der Waals surface area contributed by atoms with Crippen molar-refractivity contribution in [3.63, 3.8) is 0 Å². The third-order valence-corrected chi connectivity index (χ3v) is 7.40. The van der Waals surface area contributed by atoms with Crippen molar-refractivity contribution in [2.24, 2.45) is 0 Å². The lowest BCUT2D eigenvalue weighted by Crippen LogP contribution is -2.49. The molecule has 1 N–H and O–H groups in total. The highest BCUT2D eigenvalue weighted by atomic mass is 79.9. The molecule has 1 saturated carbocycles. The van der Waals surface area contributed by atoms with E-state index in [9.17, 15) is 0 Å². The molecule has 0 spiro atoms. The van der Waals surface area contributed by atoms with Crippen LogP contribution in [0.5, 0.6) is 0 Å². The summed E-state index contributed by atoms with van der Waals surface area (Å²) in [4.78, 5) is 7.17. The van der Waals surface area contributed by atoms with Crippen LogP contribution in [0.25, 0.3) is 11.0 Å². The van der Waals surface area contributed by atoms with E-state index in [0.717, 1.165) is 34.6 Å². The van der Waals surface area contributed by atoms with Gasteiger partial charge in [0.05, 0.1) is 10.7 Å². The summed E-state index contributed by atoms with van der Waals surface area (Å²) in [5.41, 5.74) is 0.636. The first-order valence-corrected chi connectivity index (χ1v) is 11.4. The van der Waals surface area contributed by atoms with Gasteiger partial charge < -0.3 is 9.73 Å². The van der Waals surface area contributed by atoms with Crippen LogP contribution in [0.4, 0.5) is 5.82 Å². The van der Waals surface area contributed by atoms with E-state index >= 15 is 0 Å². The summed E-state index contributed by atoms with van der Waals surface area (Å²) in [6, 6.07) is 4.97. The van der Waals surface area contributed by atoms with Gasteiger partial charge in [-0.2, -0.15) is 5.26 Å². The summed E-state index contributed by atoms with van der Waals surface area (Å²) < 4.78 is 8.78. The number of nitrogens with one attached hydrogen (secondary N) is 1. The molecule has 3 heterocycles. The molecule has 27 heavy (non-hydrogen) atoms. The molecule has 2 aliphatic rings. The number of halogens is 1. The summed E-state index contributed by atoms with van der Waals surface area (Å²) in [6.45, 7) is 4.72. The first-order chi connectivity index (χ1) is 13.2. The molecule has 2 aromatic heterocycles. The molecule has 0 bridgehead atoms. The predicted molar refractivity (Wildman–Crippen MR) is 113 cm³/mol. The average molecular weight is 450 g/mol. The maximum atomic E-state index is 9.02. The number of nitrogens with zero attached hydrogens (tertiary/aromatic N) is 4. The zero-order chi connectivity index (χ0) is 18.8. The van der Waals surface area contributed by atoms with Crippen LogP contribution in [0.2, 0.25) is 0 Å². The molecule has 2 aromatic rings. The molecule has 1 saturated heterocycles. The van der Waals surface area contributed by atoms with Crippen LogP contribution >= 0.6 is 27.9 Å². The van der Waals surface area contributed by atoms with Crippen LogP contribution in [-0.4, -0.2) is 58.7 Å². The highest BCUT2D eigenvalue weighted by molar-refractivity contribution is 9.10. The van der Waals surface area contributed by atoms with Crippen LogP contribution in [0.3, 0.4) is 0 Å². The lowest BCUT2D eigenvalue weighted by molar-refractivity contribution is 0.112. The fraction of sp³-hybridized carbons (Fsp3) is 0.579. The zero-order valence-electron chi connectivity index (χ0n) is 15.4. The second-order valence-corrected chi connectivity index (χ2v) is 8.89. The molecular formula is C19H24BrN5OS. The number of aromatic nitrogens is 1. The number of furan rings is 1. The molecule has 0 radical (unpaired) electrons. The second-order valence-electron chi connectivity index (χ2n) is 7.22. The Labute approximate surface area is 172 Å². The molecule has 2 fully saturated rings. The topological polar surface area (TPSA) is 68.3 Å². The molecule has 1 aliphatic carbocycles.